The molecule has 2 nitrogen and oxygen atoms in total. The first kappa shape index (κ1) is 10.7. The fraction of sp³-hybridized carbons (Fsp3) is 0.467. The summed E-state index contributed by atoms with van der Waals surface area (Å²) in [5.41, 5.74) is 4.28. The van der Waals surface area contributed by atoms with Crippen molar-refractivity contribution in [3.05, 3.63) is 34.4 Å². The zero-order chi connectivity index (χ0) is 12.0. The molecule has 0 spiro atoms. The third-order valence-electron chi connectivity index (χ3n) is 4.16. The van der Waals surface area contributed by atoms with Crippen molar-refractivity contribution in [2.24, 2.45) is 5.92 Å². The molecule has 0 heterocycles. The van der Waals surface area contributed by atoms with E-state index in [1.165, 1.54) is 0 Å². The molecule has 3 aliphatic carbocycles. The van der Waals surface area contributed by atoms with E-state index in [2.05, 4.69) is 6.08 Å². The summed E-state index contributed by atoms with van der Waals surface area (Å²) in [6.07, 6.45) is 8.32. The summed E-state index contributed by atoms with van der Waals surface area (Å²) in [4.78, 5) is 23.4. The van der Waals surface area contributed by atoms with Crippen LogP contribution in [0.3, 0.4) is 0 Å². The molecule has 0 saturated heterocycles. The third-order valence-corrected chi connectivity index (χ3v) is 4.16. The number of carbonyl (C=O) groups is 2. The van der Waals surface area contributed by atoms with E-state index in [0.29, 0.717) is 18.8 Å². The van der Waals surface area contributed by atoms with Crippen LogP contribution in [0.25, 0.3) is 0 Å². The molecule has 0 bridgehead atoms. The summed E-state index contributed by atoms with van der Waals surface area (Å²) in [5, 5.41) is 0. The van der Waals surface area contributed by atoms with Crippen LogP contribution in [0.1, 0.15) is 39.0 Å². The number of rotatable bonds is 0. The average molecular weight is 228 g/mol. The third kappa shape index (κ3) is 1.63. The van der Waals surface area contributed by atoms with Crippen molar-refractivity contribution in [3.8, 4) is 0 Å². The summed E-state index contributed by atoms with van der Waals surface area (Å²) < 4.78 is 0. The van der Waals surface area contributed by atoms with Gasteiger partial charge in [-0.3, -0.25) is 9.59 Å². The Kier molecular flexibility index (Phi) is 2.39. The van der Waals surface area contributed by atoms with Crippen molar-refractivity contribution < 1.29 is 9.59 Å². The molecule has 0 aliphatic heterocycles. The van der Waals surface area contributed by atoms with E-state index in [-0.39, 0.29) is 11.6 Å². The van der Waals surface area contributed by atoms with Crippen LogP contribution in [0.15, 0.2) is 34.4 Å². The Morgan fingerprint density at radius 1 is 1.24 bits per heavy atom. The lowest BCUT2D eigenvalue weighted by atomic mass is 9.80. The summed E-state index contributed by atoms with van der Waals surface area (Å²) in [7, 11) is 0. The van der Waals surface area contributed by atoms with Gasteiger partial charge in [-0.15, -0.1) is 0 Å². The summed E-state index contributed by atoms with van der Waals surface area (Å²) in [5.74, 6) is 0.931. The molecule has 0 saturated carbocycles. The van der Waals surface area contributed by atoms with Crippen LogP contribution in [-0.4, -0.2) is 11.6 Å². The van der Waals surface area contributed by atoms with Crippen LogP contribution in [0.4, 0.5) is 0 Å². The zero-order valence-corrected chi connectivity index (χ0v) is 10.1. The maximum atomic E-state index is 11.8. The number of allylic oxidation sites excluding steroid dienone is 6. The Labute approximate surface area is 101 Å². The van der Waals surface area contributed by atoms with Gasteiger partial charge in [0.25, 0.3) is 0 Å². The first-order valence-electron chi connectivity index (χ1n) is 6.35. The predicted octanol–water partition coefficient (Wildman–Crippen LogP) is 2.90. The molecule has 3 aliphatic rings. The normalized spacial score (nSPS) is 28.4. The van der Waals surface area contributed by atoms with Crippen molar-refractivity contribution in [1.82, 2.24) is 0 Å². The van der Waals surface area contributed by atoms with E-state index < -0.39 is 0 Å². The molecular formula is C15H16O2. The fourth-order valence-corrected chi connectivity index (χ4v) is 3.22. The highest BCUT2D eigenvalue weighted by Crippen LogP contribution is 2.43. The van der Waals surface area contributed by atoms with Crippen LogP contribution >= 0.6 is 0 Å². The predicted molar refractivity (Wildman–Crippen MR) is 65.5 cm³/mol. The minimum absolute atomic E-state index is 0.220. The molecule has 0 N–H and O–H groups in total. The van der Waals surface area contributed by atoms with Gasteiger partial charge in [0.15, 0.2) is 11.6 Å². The van der Waals surface area contributed by atoms with Crippen LogP contribution in [0.2, 0.25) is 0 Å². The highest BCUT2D eigenvalue weighted by molar-refractivity contribution is 6.04. The topological polar surface area (TPSA) is 34.1 Å². The standard InChI is InChI=1S/C15H16O2/c1-9-14(17)7-11-4-2-3-10-5-6-12(16)8-13(10)15(9)11/h4,8,10H,2-3,5-7H2,1H3. The van der Waals surface area contributed by atoms with E-state index in [1.807, 2.05) is 6.92 Å². The molecule has 88 valence electrons. The molecule has 2 heteroatoms. The summed E-state index contributed by atoms with van der Waals surface area (Å²) in [6.45, 7) is 1.90. The molecule has 1 unspecified atom stereocenters. The molecular weight excluding hydrogens is 212 g/mol. The minimum atomic E-state index is 0.220. The first-order chi connectivity index (χ1) is 8.16. The van der Waals surface area contributed by atoms with Gasteiger partial charge in [0.2, 0.25) is 0 Å². The quantitative estimate of drug-likeness (QED) is 0.639. The number of fused-ring (bicyclic) bond motifs is 3. The summed E-state index contributed by atoms with van der Waals surface area (Å²) >= 11 is 0. The van der Waals surface area contributed by atoms with Crippen LogP contribution in [-0.2, 0) is 9.59 Å². The second-order valence-corrected chi connectivity index (χ2v) is 5.21. The van der Waals surface area contributed by atoms with Gasteiger partial charge in [0.05, 0.1) is 0 Å². The first-order valence-corrected chi connectivity index (χ1v) is 6.35. The van der Waals surface area contributed by atoms with Crippen molar-refractivity contribution in [3.63, 3.8) is 0 Å². The van der Waals surface area contributed by atoms with Crippen molar-refractivity contribution in [2.45, 2.75) is 39.0 Å². The Balaban J connectivity index is 2.16. The van der Waals surface area contributed by atoms with Gasteiger partial charge in [-0.05, 0) is 54.9 Å². The van der Waals surface area contributed by atoms with Gasteiger partial charge in [0.1, 0.15) is 0 Å². The lowest BCUT2D eigenvalue weighted by Crippen LogP contribution is -2.15. The Hall–Kier alpha value is -1.44. The molecule has 3 rings (SSSR count). The zero-order valence-electron chi connectivity index (χ0n) is 10.1. The van der Waals surface area contributed by atoms with Gasteiger partial charge >= 0.3 is 0 Å². The molecule has 0 fully saturated rings. The maximum Gasteiger partial charge on any atom is 0.163 e. The molecule has 0 aromatic heterocycles. The monoisotopic (exact) mass is 228 g/mol. The molecule has 1 atom stereocenters. The number of Topliss-reactive ketones (excluding diaryl/α,β-unsaturated/α-hetero) is 1. The van der Waals surface area contributed by atoms with E-state index in [1.54, 1.807) is 6.08 Å². The van der Waals surface area contributed by atoms with Gasteiger partial charge < -0.3 is 0 Å². The van der Waals surface area contributed by atoms with E-state index in [0.717, 1.165) is 41.6 Å². The second-order valence-electron chi connectivity index (χ2n) is 5.21. The number of carbonyl (C=O) groups excluding carboxylic acids is 2. The van der Waals surface area contributed by atoms with Crippen LogP contribution < -0.4 is 0 Å². The highest BCUT2D eigenvalue weighted by Gasteiger charge is 2.33. The second kappa shape index (κ2) is 3.80. The molecule has 0 radical (unpaired) electrons. The molecule has 17 heavy (non-hydrogen) atoms. The molecule has 0 aromatic rings. The maximum absolute atomic E-state index is 11.8. The van der Waals surface area contributed by atoms with E-state index >= 15 is 0 Å². The van der Waals surface area contributed by atoms with E-state index in [9.17, 15) is 9.59 Å². The van der Waals surface area contributed by atoms with Crippen molar-refractivity contribution >= 4 is 11.6 Å². The lowest BCUT2D eigenvalue weighted by Gasteiger charge is -2.23. The Morgan fingerprint density at radius 3 is 2.88 bits per heavy atom. The average Bonchev–Trinajstić information content (AvgIpc) is 2.47. The van der Waals surface area contributed by atoms with Gasteiger partial charge in [-0.1, -0.05) is 6.08 Å². The molecule has 0 amide bonds. The number of hydrogen-bond acceptors (Lipinski definition) is 2. The highest BCUT2D eigenvalue weighted by atomic mass is 16.1. The van der Waals surface area contributed by atoms with Crippen LogP contribution in [0.5, 0.6) is 0 Å². The Morgan fingerprint density at radius 2 is 2.06 bits per heavy atom. The minimum Gasteiger partial charge on any atom is -0.295 e. The lowest BCUT2D eigenvalue weighted by molar-refractivity contribution is -0.115. The molecule has 0 aromatic carbocycles. The van der Waals surface area contributed by atoms with Gasteiger partial charge in [0, 0.05) is 18.4 Å². The van der Waals surface area contributed by atoms with Crippen molar-refractivity contribution in [1.29, 1.82) is 0 Å². The van der Waals surface area contributed by atoms with Gasteiger partial charge in [-0.25, -0.2) is 0 Å². The smallest absolute Gasteiger partial charge is 0.163 e. The van der Waals surface area contributed by atoms with Crippen molar-refractivity contribution in [2.75, 3.05) is 0 Å². The number of hydrogen-bond donors (Lipinski definition) is 0. The van der Waals surface area contributed by atoms with Gasteiger partial charge in [-0.2, -0.15) is 0 Å². The van der Waals surface area contributed by atoms with Crippen LogP contribution in [0, 0.1) is 5.92 Å². The fourth-order valence-electron chi connectivity index (χ4n) is 3.22. The Bertz CT molecular complexity index is 503. The summed E-state index contributed by atoms with van der Waals surface area (Å²) in [6, 6.07) is 0. The number of ketones is 2. The SMILES string of the molecule is CC1=C2C(=CCCC3CCC(=O)C=C23)CC1=O. The van der Waals surface area contributed by atoms with E-state index in [4.69, 9.17) is 0 Å². The largest absolute Gasteiger partial charge is 0.295 e.